The zero-order valence-electron chi connectivity index (χ0n) is 17.8. The van der Waals surface area contributed by atoms with Crippen LogP contribution in [0.15, 0.2) is 41.8 Å². The highest BCUT2D eigenvalue weighted by atomic mass is 32.2. The smallest absolute Gasteiger partial charge is 0.266 e. The Morgan fingerprint density at radius 2 is 1.83 bits per heavy atom. The number of carbonyl (C=O) groups is 1. The van der Waals surface area contributed by atoms with E-state index < -0.39 is 41.0 Å². The van der Waals surface area contributed by atoms with Crippen LogP contribution in [0.3, 0.4) is 0 Å². The van der Waals surface area contributed by atoms with Crippen molar-refractivity contribution in [2.24, 2.45) is 5.41 Å². The maximum Gasteiger partial charge on any atom is 0.266 e. The maximum atomic E-state index is 15.7. The molecule has 0 saturated carbocycles. The van der Waals surface area contributed by atoms with Gasteiger partial charge < -0.3 is 0 Å². The van der Waals surface area contributed by atoms with Gasteiger partial charge in [-0.2, -0.15) is 0 Å². The van der Waals surface area contributed by atoms with Gasteiger partial charge in [-0.05, 0) is 44.7 Å². The van der Waals surface area contributed by atoms with Gasteiger partial charge in [-0.25, -0.2) is 21.5 Å². The summed E-state index contributed by atoms with van der Waals surface area (Å²) in [6, 6.07) is 5.30. The quantitative estimate of drug-likeness (QED) is 0.412. The molecule has 2 atom stereocenters. The molecule has 0 spiro atoms. The van der Waals surface area contributed by atoms with E-state index in [1.165, 1.54) is 31.8 Å². The molecule has 29 heavy (non-hydrogen) atoms. The van der Waals surface area contributed by atoms with Crippen molar-refractivity contribution >= 4 is 24.0 Å². The molecular weight excluding hydrogens is 412 g/mol. The van der Waals surface area contributed by atoms with Gasteiger partial charge in [-0.3, -0.25) is 4.79 Å². The minimum Gasteiger partial charge on any atom is -0.273 e. The maximum absolute atomic E-state index is 15.7. The van der Waals surface area contributed by atoms with Crippen LogP contribution >= 0.6 is 0 Å². The summed E-state index contributed by atoms with van der Waals surface area (Å²) in [5.41, 5.74) is -4.37. The van der Waals surface area contributed by atoms with Crippen molar-refractivity contribution in [3.63, 3.8) is 0 Å². The number of rotatable bonds is 8. The van der Waals surface area contributed by atoms with E-state index in [1.807, 2.05) is 6.92 Å². The van der Waals surface area contributed by atoms with Gasteiger partial charge in [0.15, 0.2) is 0 Å². The lowest BCUT2D eigenvalue weighted by atomic mass is 9.81. The third-order valence-corrected chi connectivity index (χ3v) is 10.2. The number of alkyl halides is 2. The summed E-state index contributed by atoms with van der Waals surface area (Å²) in [6.07, 6.45) is 2.07. The number of amides is 1. The number of nitrogens with zero attached hydrogens (tertiary/aromatic N) is 1. The topological polar surface area (TPSA) is 54.5 Å². The standard InChI is InChI=1S/C21H31F2NO3SSi/c1-7-9-10-17-15-20(8-2,21(22,23)29(4,5)6)19(25)24(17)28(26,27)18-13-11-16(3)12-14-18/h7,11-14,17H,1,8-10,15H2,2-6H3/t17-,20?/m0/s1. The van der Waals surface area contributed by atoms with Crippen molar-refractivity contribution in [2.45, 2.75) is 75.7 Å². The summed E-state index contributed by atoms with van der Waals surface area (Å²) in [5, 5.41) is 0. The molecule has 1 amide bonds. The molecule has 0 bridgehead atoms. The van der Waals surface area contributed by atoms with Crippen LogP contribution in [-0.4, -0.2) is 38.3 Å². The first-order chi connectivity index (χ1) is 13.3. The molecule has 162 valence electrons. The normalized spacial score (nSPS) is 23.5. The van der Waals surface area contributed by atoms with Crippen LogP contribution in [0.5, 0.6) is 0 Å². The Balaban J connectivity index is 2.64. The van der Waals surface area contributed by atoms with E-state index in [4.69, 9.17) is 0 Å². The van der Waals surface area contributed by atoms with Crippen molar-refractivity contribution in [2.75, 3.05) is 0 Å². The van der Waals surface area contributed by atoms with E-state index in [1.54, 1.807) is 25.1 Å². The van der Waals surface area contributed by atoms with Crippen molar-refractivity contribution in [3.8, 4) is 0 Å². The molecule has 1 aliphatic rings. The van der Waals surface area contributed by atoms with E-state index in [0.29, 0.717) is 6.42 Å². The Morgan fingerprint density at radius 1 is 1.28 bits per heavy atom. The molecule has 0 N–H and O–H groups in total. The van der Waals surface area contributed by atoms with Gasteiger partial charge >= 0.3 is 0 Å². The molecule has 1 unspecified atom stereocenters. The van der Waals surface area contributed by atoms with Crippen molar-refractivity contribution in [1.29, 1.82) is 0 Å². The molecule has 1 fully saturated rings. The van der Waals surface area contributed by atoms with Gasteiger partial charge in [0, 0.05) is 6.04 Å². The van der Waals surface area contributed by atoms with Crippen LogP contribution in [0.25, 0.3) is 0 Å². The molecule has 1 heterocycles. The Labute approximate surface area is 174 Å². The number of carbonyl (C=O) groups excluding carboxylic acids is 1. The van der Waals surface area contributed by atoms with E-state index in [9.17, 15) is 13.2 Å². The van der Waals surface area contributed by atoms with Crippen LogP contribution in [0, 0.1) is 12.3 Å². The van der Waals surface area contributed by atoms with Gasteiger partial charge in [0.25, 0.3) is 10.0 Å². The second-order valence-electron chi connectivity index (χ2n) is 8.90. The fourth-order valence-corrected chi connectivity index (χ4v) is 7.60. The Bertz CT molecular complexity index is 878. The van der Waals surface area contributed by atoms with E-state index >= 15 is 8.78 Å². The highest BCUT2D eigenvalue weighted by molar-refractivity contribution is 7.89. The average molecular weight is 444 g/mol. The van der Waals surface area contributed by atoms with E-state index in [-0.39, 0.29) is 24.2 Å². The lowest BCUT2D eigenvalue weighted by Crippen LogP contribution is -2.60. The zero-order valence-corrected chi connectivity index (χ0v) is 19.7. The lowest BCUT2D eigenvalue weighted by Gasteiger charge is -2.41. The number of benzene rings is 1. The summed E-state index contributed by atoms with van der Waals surface area (Å²) in [5.74, 6) is -0.970. The van der Waals surface area contributed by atoms with E-state index in [0.717, 1.165) is 9.87 Å². The van der Waals surface area contributed by atoms with Crippen molar-refractivity contribution < 1.29 is 22.0 Å². The second-order valence-corrected chi connectivity index (χ2v) is 15.8. The summed E-state index contributed by atoms with van der Waals surface area (Å²) in [4.78, 5) is 13.4. The third-order valence-electron chi connectivity index (χ3n) is 5.95. The molecule has 1 aromatic carbocycles. The summed E-state index contributed by atoms with van der Waals surface area (Å²) < 4.78 is 58.8. The molecule has 8 heteroatoms. The summed E-state index contributed by atoms with van der Waals surface area (Å²) in [7, 11) is -7.36. The molecule has 0 aliphatic carbocycles. The molecule has 0 aromatic heterocycles. The SMILES string of the molecule is C=CCC[C@H]1CC(CC)(C(F)(F)[Si](C)(C)C)C(=O)N1S(=O)(=O)c1ccc(C)cc1. The summed E-state index contributed by atoms with van der Waals surface area (Å²) in [6.45, 7) is 11.6. The molecule has 1 saturated heterocycles. The number of hydrogen-bond donors (Lipinski definition) is 0. The van der Waals surface area contributed by atoms with Gasteiger partial charge in [-0.15, -0.1) is 6.58 Å². The Kier molecular flexibility index (Phi) is 6.50. The third kappa shape index (κ3) is 3.81. The zero-order chi connectivity index (χ0) is 22.3. The second kappa shape index (κ2) is 7.94. The number of aryl methyl sites for hydroxylation is 1. The number of halogens is 2. The van der Waals surface area contributed by atoms with E-state index in [2.05, 4.69) is 6.58 Å². The van der Waals surface area contributed by atoms with Gasteiger partial charge in [0.2, 0.25) is 11.5 Å². The predicted molar refractivity (Wildman–Crippen MR) is 114 cm³/mol. The Hall–Kier alpha value is -1.54. The highest BCUT2D eigenvalue weighted by Crippen LogP contribution is 2.55. The number of hydrogen-bond acceptors (Lipinski definition) is 3. The van der Waals surface area contributed by atoms with Gasteiger partial charge in [-0.1, -0.05) is 50.3 Å². The van der Waals surface area contributed by atoms with Gasteiger partial charge in [0.1, 0.15) is 13.5 Å². The fraction of sp³-hybridized carbons (Fsp3) is 0.571. The molecule has 0 radical (unpaired) electrons. The first kappa shape index (κ1) is 23.7. The highest BCUT2D eigenvalue weighted by Gasteiger charge is 2.69. The van der Waals surface area contributed by atoms with Crippen LogP contribution in [0.1, 0.15) is 38.2 Å². The first-order valence-corrected chi connectivity index (χ1v) is 14.8. The average Bonchev–Trinajstić information content (AvgIpc) is 2.93. The monoisotopic (exact) mass is 443 g/mol. The lowest BCUT2D eigenvalue weighted by molar-refractivity contribution is -0.146. The number of allylic oxidation sites excluding steroid dienone is 1. The van der Waals surface area contributed by atoms with Crippen LogP contribution in [0.4, 0.5) is 8.78 Å². The van der Waals surface area contributed by atoms with Crippen LogP contribution < -0.4 is 0 Å². The van der Waals surface area contributed by atoms with Crippen molar-refractivity contribution in [3.05, 3.63) is 42.5 Å². The molecule has 4 nitrogen and oxygen atoms in total. The molecule has 2 rings (SSSR count). The van der Waals surface area contributed by atoms with Gasteiger partial charge in [0.05, 0.1) is 4.90 Å². The molecular formula is C21H31F2NO3SSi. The first-order valence-electron chi connectivity index (χ1n) is 9.90. The predicted octanol–water partition coefficient (Wildman–Crippen LogP) is 5.16. The minimum atomic E-state index is -4.24. The number of sulfonamides is 1. The molecule has 1 aliphatic heterocycles. The largest absolute Gasteiger partial charge is 0.273 e. The van der Waals surface area contributed by atoms with Crippen LogP contribution in [-0.2, 0) is 14.8 Å². The minimum absolute atomic E-state index is 0.0525. The fourth-order valence-electron chi connectivity index (χ4n) is 4.11. The Morgan fingerprint density at radius 3 is 2.28 bits per heavy atom. The van der Waals surface area contributed by atoms with Crippen LogP contribution in [0.2, 0.25) is 19.6 Å². The molecule has 1 aromatic rings. The summed E-state index contributed by atoms with van der Waals surface area (Å²) >= 11 is 0. The van der Waals surface area contributed by atoms with Crippen molar-refractivity contribution in [1.82, 2.24) is 4.31 Å².